The standard InChI is InChI=1S/C14H13BrN2O/c15-13-8-7-12(10-16-13)17-14(18)9-6-11-4-2-1-3-5-11/h1-5,7-8,10H,6,9H2,(H,17,18). The molecule has 1 heterocycles. The molecule has 0 bridgehead atoms. The smallest absolute Gasteiger partial charge is 0.224 e. The summed E-state index contributed by atoms with van der Waals surface area (Å²) in [5, 5.41) is 2.82. The lowest BCUT2D eigenvalue weighted by Gasteiger charge is -2.04. The molecule has 0 aliphatic heterocycles. The third-order valence-corrected chi connectivity index (χ3v) is 2.96. The van der Waals surface area contributed by atoms with Gasteiger partial charge < -0.3 is 5.32 Å². The van der Waals surface area contributed by atoms with Crippen LogP contribution in [-0.4, -0.2) is 10.9 Å². The highest BCUT2D eigenvalue weighted by molar-refractivity contribution is 9.10. The number of benzene rings is 1. The number of nitrogens with one attached hydrogen (secondary N) is 1. The highest BCUT2D eigenvalue weighted by Crippen LogP contribution is 2.11. The maximum absolute atomic E-state index is 11.7. The van der Waals surface area contributed by atoms with Gasteiger partial charge in [0, 0.05) is 6.42 Å². The number of amides is 1. The number of hydrogen-bond donors (Lipinski definition) is 1. The van der Waals surface area contributed by atoms with E-state index in [1.807, 2.05) is 36.4 Å². The third-order valence-electron chi connectivity index (χ3n) is 2.49. The number of nitrogens with zero attached hydrogens (tertiary/aromatic N) is 1. The second-order valence-corrected chi connectivity index (χ2v) is 4.72. The maximum Gasteiger partial charge on any atom is 0.224 e. The molecule has 1 N–H and O–H groups in total. The van der Waals surface area contributed by atoms with E-state index in [1.165, 1.54) is 5.56 Å². The molecule has 0 unspecified atom stereocenters. The fourth-order valence-corrected chi connectivity index (χ4v) is 1.81. The zero-order valence-electron chi connectivity index (χ0n) is 9.77. The fraction of sp³-hybridized carbons (Fsp3) is 0.143. The second kappa shape index (κ2) is 6.31. The number of carbonyl (C=O) groups excluding carboxylic acids is 1. The minimum Gasteiger partial charge on any atom is -0.325 e. The molecule has 0 aliphatic carbocycles. The number of aryl methyl sites for hydroxylation is 1. The van der Waals surface area contributed by atoms with Crippen LogP contribution in [0.5, 0.6) is 0 Å². The van der Waals surface area contributed by atoms with Crippen molar-refractivity contribution in [2.24, 2.45) is 0 Å². The van der Waals surface area contributed by atoms with Crippen molar-refractivity contribution in [2.75, 3.05) is 5.32 Å². The number of anilines is 1. The first kappa shape index (κ1) is 12.8. The summed E-state index contributed by atoms with van der Waals surface area (Å²) in [6.07, 6.45) is 2.85. The van der Waals surface area contributed by atoms with Crippen LogP contribution in [-0.2, 0) is 11.2 Å². The molecule has 18 heavy (non-hydrogen) atoms. The van der Waals surface area contributed by atoms with Gasteiger partial charge in [0.1, 0.15) is 4.60 Å². The van der Waals surface area contributed by atoms with Crippen molar-refractivity contribution in [3.8, 4) is 0 Å². The van der Waals surface area contributed by atoms with E-state index in [9.17, 15) is 4.79 Å². The van der Waals surface area contributed by atoms with E-state index in [0.717, 1.165) is 16.7 Å². The van der Waals surface area contributed by atoms with Crippen molar-refractivity contribution in [3.63, 3.8) is 0 Å². The minimum atomic E-state index is 0.00276. The Bertz CT molecular complexity index is 511. The molecular formula is C14H13BrN2O. The molecule has 0 aliphatic rings. The van der Waals surface area contributed by atoms with Crippen LogP contribution in [0.25, 0.3) is 0 Å². The largest absolute Gasteiger partial charge is 0.325 e. The van der Waals surface area contributed by atoms with Gasteiger partial charge in [0.25, 0.3) is 0 Å². The monoisotopic (exact) mass is 304 g/mol. The molecule has 2 rings (SSSR count). The van der Waals surface area contributed by atoms with Crippen LogP contribution in [0.4, 0.5) is 5.69 Å². The number of carbonyl (C=O) groups is 1. The first-order chi connectivity index (χ1) is 8.74. The lowest BCUT2D eigenvalue weighted by molar-refractivity contribution is -0.116. The topological polar surface area (TPSA) is 42.0 Å². The molecule has 0 saturated carbocycles. The molecule has 92 valence electrons. The summed E-state index contributed by atoms with van der Waals surface area (Å²) in [5.41, 5.74) is 1.89. The second-order valence-electron chi connectivity index (χ2n) is 3.90. The first-order valence-corrected chi connectivity index (χ1v) is 6.49. The molecule has 0 radical (unpaired) electrons. The van der Waals surface area contributed by atoms with Crippen LogP contribution >= 0.6 is 15.9 Å². The van der Waals surface area contributed by atoms with E-state index >= 15 is 0 Å². The Labute approximate surface area is 114 Å². The molecule has 4 heteroatoms. The fourth-order valence-electron chi connectivity index (χ4n) is 1.58. The summed E-state index contributed by atoms with van der Waals surface area (Å²) in [6, 6.07) is 13.6. The molecule has 0 fully saturated rings. The Morgan fingerprint density at radius 3 is 2.61 bits per heavy atom. The highest BCUT2D eigenvalue weighted by atomic mass is 79.9. The Kier molecular flexibility index (Phi) is 4.47. The number of pyridine rings is 1. The molecule has 0 saturated heterocycles. The predicted molar refractivity (Wildman–Crippen MR) is 75.3 cm³/mol. The Balaban J connectivity index is 1.84. The molecule has 0 spiro atoms. The first-order valence-electron chi connectivity index (χ1n) is 5.69. The zero-order chi connectivity index (χ0) is 12.8. The van der Waals surface area contributed by atoms with Gasteiger partial charge in [-0.15, -0.1) is 0 Å². The van der Waals surface area contributed by atoms with Crippen molar-refractivity contribution >= 4 is 27.5 Å². The number of halogens is 1. The van der Waals surface area contributed by atoms with Gasteiger partial charge in [0.05, 0.1) is 11.9 Å². The van der Waals surface area contributed by atoms with Crippen LogP contribution in [0.1, 0.15) is 12.0 Å². The van der Waals surface area contributed by atoms with Gasteiger partial charge in [0.15, 0.2) is 0 Å². The van der Waals surface area contributed by atoms with Gasteiger partial charge in [-0.2, -0.15) is 0 Å². The maximum atomic E-state index is 11.7. The predicted octanol–water partition coefficient (Wildman–Crippen LogP) is 3.42. The molecule has 0 atom stereocenters. The molecule has 1 aromatic heterocycles. The third kappa shape index (κ3) is 3.96. The average Bonchev–Trinajstić information content (AvgIpc) is 2.40. The van der Waals surface area contributed by atoms with E-state index in [0.29, 0.717) is 6.42 Å². The molecular weight excluding hydrogens is 292 g/mol. The van der Waals surface area contributed by atoms with E-state index in [1.54, 1.807) is 12.3 Å². The van der Waals surface area contributed by atoms with Gasteiger partial charge in [0.2, 0.25) is 5.91 Å². The highest BCUT2D eigenvalue weighted by Gasteiger charge is 2.03. The number of hydrogen-bond acceptors (Lipinski definition) is 2. The Morgan fingerprint density at radius 1 is 1.17 bits per heavy atom. The summed E-state index contributed by atoms with van der Waals surface area (Å²) in [7, 11) is 0. The quantitative estimate of drug-likeness (QED) is 0.880. The summed E-state index contributed by atoms with van der Waals surface area (Å²) in [5.74, 6) is 0.00276. The summed E-state index contributed by atoms with van der Waals surface area (Å²) in [6.45, 7) is 0. The van der Waals surface area contributed by atoms with Crippen LogP contribution in [0, 0.1) is 0 Å². The average molecular weight is 305 g/mol. The van der Waals surface area contributed by atoms with Gasteiger partial charge >= 0.3 is 0 Å². The molecule has 1 amide bonds. The lowest BCUT2D eigenvalue weighted by Crippen LogP contribution is -2.12. The van der Waals surface area contributed by atoms with E-state index in [4.69, 9.17) is 0 Å². The number of rotatable bonds is 4. The summed E-state index contributed by atoms with van der Waals surface area (Å²) in [4.78, 5) is 15.8. The van der Waals surface area contributed by atoms with Crippen molar-refractivity contribution in [3.05, 3.63) is 58.8 Å². The van der Waals surface area contributed by atoms with Gasteiger partial charge in [-0.05, 0) is 40.0 Å². The number of aromatic nitrogens is 1. The zero-order valence-corrected chi connectivity index (χ0v) is 11.4. The van der Waals surface area contributed by atoms with Gasteiger partial charge in [-0.25, -0.2) is 4.98 Å². The molecule has 3 nitrogen and oxygen atoms in total. The summed E-state index contributed by atoms with van der Waals surface area (Å²) < 4.78 is 0.754. The van der Waals surface area contributed by atoms with E-state index < -0.39 is 0 Å². The van der Waals surface area contributed by atoms with Crippen molar-refractivity contribution in [1.29, 1.82) is 0 Å². The van der Waals surface area contributed by atoms with Crippen molar-refractivity contribution in [2.45, 2.75) is 12.8 Å². The van der Waals surface area contributed by atoms with Gasteiger partial charge in [-0.3, -0.25) is 4.79 Å². The van der Waals surface area contributed by atoms with Crippen LogP contribution in [0.2, 0.25) is 0 Å². The van der Waals surface area contributed by atoms with Gasteiger partial charge in [-0.1, -0.05) is 30.3 Å². The van der Waals surface area contributed by atoms with Crippen LogP contribution in [0.15, 0.2) is 53.3 Å². The Morgan fingerprint density at radius 2 is 1.94 bits per heavy atom. The normalized spacial score (nSPS) is 10.1. The summed E-state index contributed by atoms with van der Waals surface area (Å²) >= 11 is 3.25. The molecule has 2 aromatic rings. The van der Waals surface area contributed by atoms with E-state index in [-0.39, 0.29) is 5.91 Å². The van der Waals surface area contributed by atoms with Crippen molar-refractivity contribution < 1.29 is 4.79 Å². The SMILES string of the molecule is O=C(CCc1ccccc1)Nc1ccc(Br)nc1. The van der Waals surface area contributed by atoms with Crippen molar-refractivity contribution in [1.82, 2.24) is 4.98 Å². The lowest BCUT2D eigenvalue weighted by atomic mass is 10.1. The van der Waals surface area contributed by atoms with Crippen LogP contribution < -0.4 is 5.32 Å². The minimum absolute atomic E-state index is 0.00276. The van der Waals surface area contributed by atoms with E-state index in [2.05, 4.69) is 26.2 Å². The molecule has 1 aromatic carbocycles. The Hall–Kier alpha value is -1.68. The van der Waals surface area contributed by atoms with Crippen LogP contribution in [0.3, 0.4) is 0 Å².